The van der Waals surface area contributed by atoms with Crippen LogP contribution in [0.5, 0.6) is 23.0 Å². The van der Waals surface area contributed by atoms with E-state index in [1.807, 2.05) is 12.1 Å². The standard InChI is InChI=1S/C32H28BrN3O7.2ClH/c1-39-24-14-22-23(15-25(24)43-17-18-6-5-11-35-16-18)31(37)36(21-9-7-20(34)8-10-21)30(32(38)42-4)28(22)19-12-26(40-2)29(33)27(13-19)41-3;;/h5-16H,17,34H2,1-4H3;2*1H. The van der Waals surface area contributed by atoms with Crippen LogP contribution in [-0.4, -0.2) is 44.0 Å². The van der Waals surface area contributed by atoms with Crippen molar-refractivity contribution in [3.8, 4) is 39.8 Å². The molecule has 3 aromatic carbocycles. The molecule has 0 amide bonds. The number of benzene rings is 3. The predicted octanol–water partition coefficient (Wildman–Crippen LogP) is 6.63. The molecule has 2 N–H and O–H groups in total. The van der Waals surface area contributed by atoms with E-state index >= 15 is 0 Å². The van der Waals surface area contributed by atoms with Crippen molar-refractivity contribution < 1.29 is 28.5 Å². The van der Waals surface area contributed by atoms with E-state index < -0.39 is 11.5 Å². The predicted molar refractivity (Wildman–Crippen MR) is 181 cm³/mol. The van der Waals surface area contributed by atoms with Gasteiger partial charge >= 0.3 is 5.97 Å². The molecule has 0 spiro atoms. The zero-order chi connectivity index (χ0) is 30.7. The Balaban J connectivity index is 0.00000276. The van der Waals surface area contributed by atoms with E-state index in [-0.39, 0.29) is 42.5 Å². The van der Waals surface area contributed by atoms with Crippen LogP contribution in [0.25, 0.3) is 27.6 Å². The zero-order valence-corrected chi connectivity index (χ0v) is 27.9. The summed E-state index contributed by atoms with van der Waals surface area (Å²) < 4.78 is 30.1. The molecule has 0 aliphatic rings. The fraction of sp³-hybridized carbons (Fsp3) is 0.156. The van der Waals surface area contributed by atoms with Crippen LogP contribution in [0.4, 0.5) is 5.69 Å². The largest absolute Gasteiger partial charge is 0.495 e. The normalized spacial score (nSPS) is 10.3. The second-order valence-corrected chi connectivity index (χ2v) is 10.1. The van der Waals surface area contributed by atoms with E-state index in [1.165, 1.54) is 33.0 Å². The Bertz CT molecular complexity index is 1860. The molecule has 5 aromatic rings. The average molecular weight is 719 g/mol. The van der Waals surface area contributed by atoms with Crippen LogP contribution < -0.4 is 30.2 Å². The second kappa shape index (κ2) is 15.0. The van der Waals surface area contributed by atoms with Crippen molar-refractivity contribution in [3.63, 3.8) is 0 Å². The highest BCUT2D eigenvalue weighted by Gasteiger charge is 2.28. The first-order valence-electron chi connectivity index (χ1n) is 13.0. The Morgan fingerprint density at radius 3 is 2.04 bits per heavy atom. The summed E-state index contributed by atoms with van der Waals surface area (Å²) in [5, 5.41) is 0.691. The molecule has 2 heterocycles. The maximum atomic E-state index is 14.3. The van der Waals surface area contributed by atoms with Gasteiger partial charge in [0.2, 0.25) is 0 Å². The summed E-state index contributed by atoms with van der Waals surface area (Å²) in [6.07, 6.45) is 3.36. The summed E-state index contributed by atoms with van der Waals surface area (Å²) >= 11 is 3.51. The fourth-order valence-corrected chi connectivity index (χ4v) is 5.34. The number of anilines is 1. The second-order valence-electron chi connectivity index (χ2n) is 9.34. The number of fused-ring (bicyclic) bond motifs is 1. The van der Waals surface area contributed by atoms with E-state index in [2.05, 4.69) is 20.9 Å². The Kier molecular flexibility index (Phi) is 11.7. The van der Waals surface area contributed by atoms with E-state index in [0.29, 0.717) is 55.4 Å². The highest BCUT2D eigenvalue weighted by Crippen LogP contribution is 2.44. The molecule has 0 aliphatic carbocycles. The van der Waals surface area contributed by atoms with Gasteiger partial charge in [-0.05, 0) is 76.1 Å². The van der Waals surface area contributed by atoms with Gasteiger partial charge in [0.25, 0.3) is 5.56 Å². The van der Waals surface area contributed by atoms with Crippen molar-refractivity contribution >= 4 is 63.2 Å². The number of carbonyl (C=O) groups excluding carboxylic acids is 1. The number of carbonyl (C=O) groups is 1. The first-order valence-corrected chi connectivity index (χ1v) is 13.8. The molecule has 2 aromatic heterocycles. The average Bonchev–Trinajstić information content (AvgIpc) is 3.04. The maximum Gasteiger partial charge on any atom is 0.355 e. The third-order valence-corrected chi connectivity index (χ3v) is 7.63. The van der Waals surface area contributed by atoms with Gasteiger partial charge in [0.1, 0.15) is 28.3 Å². The number of halogens is 3. The van der Waals surface area contributed by atoms with Gasteiger partial charge in [-0.25, -0.2) is 4.79 Å². The summed E-state index contributed by atoms with van der Waals surface area (Å²) in [6, 6.07) is 17.1. The number of nitrogens with zero attached hydrogens (tertiary/aromatic N) is 2. The van der Waals surface area contributed by atoms with Crippen molar-refractivity contribution in [1.29, 1.82) is 0 Å². The molecule has 0 radical (unpaired) electrons. The molecule has 0 saturated heterocycles. The molecule has 0 saturated carbocycles. The van der Waals surface area contributed by atoms with Crippen LogP contribution in [-0.2, 0) is 11.3 Å². The van der Waals surface area contributed by atoms with Crippen molar-refractivity contribution in [1.82, 2.24) is 9.55 Å². The van der Waals surface area contributed by atoms with E-state index in [1.54, 1.807) is 60.9 Å². The minimum Gasteiger partial charge on any atom is -0.495 e. The van der Waals surface area contributed by atoms with Gasteiger partial charge in [-0.1, -0.05) is 6.07 Å². The highest BCUT2D eigenvalue weighted by atomic mass is 79.9. The SMILES string of the molecule is COC(=O)c1c(-c2cc(OC)c(Br)c(OC)c2)c2cc(OC)c(OCc3cccnc3)cc2c(=O)n1-c1ccc(N)cc1.Cl.Cl. The van der Waals surface area contributed by atoms with E-state index in [0.717, 1.165) is 5.56 Å². The van der Waals surface area contributed by atoms with Gasteiger partial charge in [0.05, 0.1) is 33.8 Å². The summed E-state index contributed by atoms with van der Waals surface area (Å²) in [5.41, 5.74) is 8.11. The van der Waals surface area contributed by atoms with Crippen LogP contribution in [0.1, 0.15) is 16.1 Å². The minimum absolute atomic E-state index is 0. The first-order chi connectivity index (χ1) is 20.8. The summed E-state index contributed by atoms with van der Waals surface area (Å²) in [5.74, 6) is 0.859. The Hall–Kier alpha value is -4.45. The number of esters is 1. The molecule has 13 heteroatoms. The number of methoxy groups -OCH3 is 4. The Morgan fingerprint density at radius 1 is 0.867 bits per heavy atom. The minimum atomic E-state index is -0.734. The van der Waals surface area contributed by atoms with Gasteiger partial charge in [-0.3, -0.25) is 14.3 Å². The number of aromatic nitrogens is 2. The third kappa shape index (κ3) is 6.80. The lowest BCUT2D eigenvalue weighted by atomic mass is 9.95. The third-order valence-electron chi connectivity index (χ3n) is 6.85. The topological polar surface area (TPSA) is 124 Å². The van der Waals surface area contributed by atoms with E-state index in [4.69, 9.17) is 29.4 Å². The molecule has 45 heavy (non-hydrogen) atoms. The molecule has 0 fully saturated rings. The number of hydrogen-bond acceptors (Lipinski definition) is 9. The maximum absolute atomic E-state index is 14.3. The summed E-state index contributed by atoms with van der Waals surface area (Å²) in [6.45, 7) is 0.191. The van der Waals surface area contributed by atoms with Gasteiger partial charge in [0.15, 0.2) is 11.5 Å². The Labute approximate surface area is 280 Å². The van der Waals surface area contributed by atoms with Gasteiger partial charge in [-0.15, -0.1) is 24.8 Å². The number of nitrogen functional groups attached to an aromatic ring is 1. The molecule has 0 unspecified atom stereocenters. The van der Waals surface area contributed by atoms with Gasteiger partial charge in [0, 0.05) is 40.3 Å². The van der Waals surface area contributed by atoms with E-state index in [9.17, 15) is 9.59 Å². The fourth-order valence-electron chi connectivity index (χ4n) is 4.79. The summed E-state index contributed by atoms with van der Waals surface area (Å²) in [4.78, 5) is 32.0. The monoisotopic (exact) mass is 717 g/mol. The number of hydrogen-bond donors (Lipinski definition) is 1. The van der Waals surface area contributed by atoms with Crippen LogP contribution in [0.2, 0.25) is 0 Å². The molecule has 0 atom stereocenters. The van der Waals surface area contributed by atoms with Crippen molar-refractivity contribution in [2.45, 2.75) is 6.61 Å². The van der Waals surface area contributed by atoms with Crippen LogP contribution in [0, 0.1) is 0 Å². The molecule has 10 nitrogen and oxygen atoms in total. The summed E-state index contributed by atoms with van der Waals surface area (Å²) in [7, 11) is 5.80. The highest BCUT2D eigenvalue weighted by molar-refractivity contribution is 9.10. The Morgan fingerprint density at radius 2 is 1.49 bits per heavy atom. The van der Waals surface area contributed by atoms with Crippen LogP contribution in [0.3, 0.4) is 0 Å². The van der Waals surface area contributed by atoms with Crippen molar-refractivity contribution in [2.24, 2.45) is 0 Å². The van der Waals surface area contributed by atoms with Crippen molar-refractivity contribution in [2.75, 3.05) is 34.2 Å². The molecular weight excluding hydrogens is 689 g/mol. The lowest BCUT2D eigenvalue weighted by molar-refractivity contribution is 0.0591. The molecule has 5 rings (SSSR count). The molecular formula is C32H30BrCl2N3O7. The smallest absolute Gasteiger partial charge is 0.355 e. The number of nitrogens with two attached hydrogens (primary N) is 1. The number of pyridine rings is 2. The molecule has 236 valence electrons. The van der Waals surface area contributed by atoms with Crippen molar-refractivity contribution in [3.05, 3.63) is 99.1 Å². The quantitative estimate of drug-likeness (QED) is 0.132. The molecule has 0 aliphatic heterocycles. The van der Waals surface area contributed by atoms with Gasteiger partial charge in [-0.2, -0.15) is 0 Å². The van der Waals surface area contributed by atoms with Gasteiger partial charge < -0.3 is 29.4 Å². The zero-order valence-electron chi connectivity index (χ0n) is 24.7. The van der Waals surface area contributed by atoms with Crippen LogP contribution >= 0.6 is 40.7 Å². The lowest BCUT2D eigenvalue weighted by Crippen LogP contribution is -2.27. The first kappa shape index (κ1) is 35.0. The number of rotatable bonds is 9. The van der Waals surface area contributed by atoms with Crippen LogP contribution in [0.15, 0.2) is 82.3 Å². The lowest BCUT2D eigenvalue weighted by Gasteiger charge is -2.21. The molecule has 0 bridgehead atoms. The number of ether oxygens (including phenoxy) is 5.